The van der Waals surface area contributed by atoms with E-state index in [2.05, 4.69) is 51.3 Å². The van der Waals surface area contributed by atoms with Crippen LogP contribution in [0.4, 0.5) is 0 Å². The second-order valence-electron chi connectivity index (χ2n) is 8.44. The smallest absolute Gasteiger partial charge is 0.338 e. The number of allylic oxidation sites excluding steroid dienone is 9. The number of rotatable bonds is 4. The minimum absolute atomic E-state index is 0.0654. The van der Waals surface area contributed by atoms with Gasteiger partial charge in [0.05, 0.1) is 32.0 Å². The molecule has 0 spiro atoms. The Bertz CT molecular complexity index is 1020. The fourth-order valence-corrected chi connectivity index (χ4v) is 3.27. The number of hydrogen-bond donors (Lipinski definition) is 0. The van der Waals surface area contributed by atoms with E-state index in [1.54, 1.807) is 37.3 Å². The van der Waals surface area contributed by atoms with Gasteiger partial charge in [0, 0.05) is 18.2 Å². The predicted molar refractivity (Wildman–Crippen MR) is 163 cm³/mol. The molecule has 4 rings (SSSR count). The Morgan fingerprint density at radius 3 is 1.49 bits per heavy atom. The molecule has 0 aromatic rings. The standard InChI is InChI=1S/C8H8O3.C8H12O2.C5H8O2.C4H2O3.2C4H6/c9-7-5-3-1-2-4-6(5)8(10)11-7;1-10-8(9)7-5-3-2-4-6-7;1-3-4-5(6)7-2;5-3-1-2-4(6)7-3;2*1-3-4-2/h1-2,5-6H,3-4H2;2-3,7H,4-6H2,1H3;3-4H,1-2H3;1-2H;2*3-4H,1-2H2/b;;4-3-;;;/t5-,6+;;;;;. The summed E-state index contributed by atoms with van der Waals surface area (Å²) >= 11 is 0. The van der Waals surface area contributed by atoms with E-state index in [-0.39, 0.29) is 41.6 Å². The number of methoxy groups -OCH3 is 2. The molecule has 0 bridgehead atoms. The highest BCUT2D eigenvalue weighted by Crippen LogP contribution is 2.32. The van der Waals surface area contributed by atoms with Gasteiger partial charge in [-0.2, -0.15) is 0 Å². The Hall–Kier alpha value is -4.86. The van der Waals surface area contributed by atoms with Crippen LogP contribution in [0.1, 0.15) is 39.0 Å². The van der Waals surface area contributed by atoms with Crippen molar-refractivity contribution in [2.75, 3.05) is 14.2 Å². The van der Waals surface area contributed by atoms with Gasteiger partial charge in [-0.1, -0.05) is 81.0 Å². The van der Waals surface area contributed by atoms with Crippen molar-refractivity contribution >= 4 is 35.8 Å². The van der Waals surface area contributed by atoms with Crippen LogP contribution in [0.25, 0.3) is 0 Å². The maximum absolute atomic E-state index is 10.9. The van der Waals surface area contributed by atoms with Crippen molar-refractivity contribution in [3.63, 3.8) is 0 Å². The molecule has 0 aromatic heterocycles. The highest BCUT2D eigenvalue weighted by atomic mass is 16.6. The molecule has 10 heteroatoms. The highest BCUT2D eigenvalue weighted by Gasteiger charge is 2.43. The number of carbonyl (C=O) groups is 6. The van der Waals surface area contributed by atoms with Gasteiger partial charge in [-0.15, -0.1) is 0 Å². The molecule has 3 atom stereocenters. The normalized spacial score (nSPS) is 20.0. The average Bonchev–Trinajstić information content (AvgIpc) is 3.57. The molecule has 2 heterocycles. The summed E-state index contributed by atoms with van der Waals surface area (Å²) in [5.41, 5.74) is 0. The van der Waals surface area contributed by atoms with Crippen molar-refractivity contribution in [1.82, 2.24) is 0 Å². The van der Waals surface area contributed by atoms with Gasteiger partial charge in [-0.25, -0.2) is 14.4 Å². The van der Waals surface area contributed by atoms with E-state index in [0.717, 1.165) is 31.4 Å². The highest BCUT2D eigenvalue weighted by molar-refractivity contribution is 6.04. The quantitative estimate of drug-likeness (QED) is 0.105. The molecule has 0 radical (unpaired) electrons. The Balaban J connectivity index is 0. The lowest BCUT2D eigenvalue weighted by molar-refractivity contribution is -0.154. The molecule has 2 aliphatic carbocycles. The van der Waals surface area contributed by atoms with Crippen LogP contribution in [0.2, 0.25) is 0 Å². The third kappa shape index (κ3) is 19.8. The van der Waals surface area contributed by atoms with Gasteiger partial charge in [-0.05, 0) is 39.0 Å². The monoisotopic (exact) mass is 598 g/mol. The van der Waals surface area contributed by atoms with Crippen molar-refractivity contribution in [2.45, 2.75) is 39.0 Å². The largest absolute Gasteiger partial charge is 0.469 e. The third-order valence-electron chi connectivity index (χ3n) is 5.44. The minimum atomic E-state index is -0.579. The fourth-order valence-electron chi connectivity index (χ4n) is 3.27. The SMILES string of the molecule is C/C=C\C(=O)OC.C=CC=C.C=CC=C.COC(=O)C1CC=CCC1.O=C1C=CC(=O)O1.O=C1OC(=O)[C@@H]2CC=CC[C@H]12. The average molecular weight is 599 g/mol. The number of cyclic esters (lactones) is 4. The molecule has 0 aromatic carbocycles. The first-order chi connectivity index (χ1) is 20.6. The van der Waals surface area contributed by atoms with Crippen LogP contribution in [-0.2, 0) is 47.7 Å². The van der Waals surface area contributed by atoms with Gasteiger partial charge in [-0.3, -0.25) is 14.4 Å². The zero-order valence-corrected chi connectivity index (χ0v) is 25.1. The molecule has 2 aliphatic heterocycles. The molecule has 1 saturated heterocycles. The second kappa shape index (κ2) is 26.1. The molecular weight excluding hydrogens is 556 g/mol. The molecule has 0 saturated carbocycles. The third-order valence-corrected chi connectivity index (χ3v) is 5.44. The predicted octanol–water partition coefficient (Wildman–Crippen LogP) is 5.25. The summed E-state index contributed by atoms with van der Waals surface area (Å²) in [4.78, 5) is 62.7. The van der Waals surface area contributed by atoms with Crippen LogP contribution in [-0.4, -0.2) is 50.0 Å². The van der Waals surface area contributed by atoms with Gasteiger partial charge in [0.25, 0.3) is 0 Å². The molecule has 1 unspecified atom stereocenters. The number of fused-ring (bicyclic) bond motifs is 1. The summed E-state index contributed by atoms with van der Waals surface area (Å²) in [6.07, 6.45) is 23.9. The zero-order valence-electron chi connectivity index (χ0n) is 25.1. The van der Waals surface area contributed by atoms with E-state index in [1.807, 2.05) is 18.2 Å². The van der Waals surface area contributed by atoms with Crippen LogP contribution in [0, 0.1) is 17.8 Å². The van der Waals surface area contributed by atoms with Crippen molar-refractivity contribution in [3.8, 4) is 0 Å². The minimum Gasteiger partial charge on any atom is -0.469 e. The number of esters is 6. The van der Waals surface area contributed by atoms with Gasteiger partial charge in [0.1, 0.15) is 0 Å². The number of carbonyl (C=O) groups excluding carboxylic acids is 6. The summed E-state index contributed by atoms with van der Waals surface area (Å²) < 4.78 is 17.3. The van der Waals surface area contributed by atoms with E-state index in [9.17, 15) is 28.8 Å². The number of ether oxygens (including phenoxy) is 4. The van der Waals surface area contributed by atoms with Crippen molar-refractivity contribution < 1.29 is 47.7 Å². The first-order valence-electron chi connectivity index (χ1n) is 13.3. The van der Waals surface area contributed by atoms with E-state index in [1.165, 1.54) is 20.3 Å². The topological polar surface area (TPSA) is 139 Å². The molecule has 4 aliphatic rings. The summed E-state index contributed by atoms with van der Waals surface area (Å²) in [5, 5.41) is 0. The van der Waals surface area contributed by atoms with Crippen LogP contribution < -0.4 is 0 Å². The Kier molecular flexibility index (Phi) is 24.4. The molecule has 0 N–H and O–H groups in total. The van der Waals surface area contributed by atoms with Crippen LogP contribution in [0.5, 0.6) is 0 Å². The zero-order chi connectivity index (χ0) is 33.0. The summed E-state index contributed by atoms with van der Waals surface area (Å²) in [6, 6.07) is 0. The first-order valence-corrected chi connectivity index (χ1v) is 13.3. The molecule has 234 valence electrons. The van der Waals surface area contributed by atoms with E-state index in [0.29, 0.717) is 12.8 Å². The Morgan fingerprint density at radius 1 is 0.744 bits per heavy atom. The van der Waals surface area contributed by atoms with E-state index in [4.69, 9.17) is 0 Å². The van der Waals surface area contributed by atoms with Crippen LogP contribution in [0.3, 0.4) is 0 Å². The fraction of sp³-hybridized carbons (Fsp3) is 0.333. The van der Waals surface area contributed by atoms with E-state index < -0.39 is 11.9 Å². The summed E-state index contributed by atoms with van der Waals surface area (Å²) in [7, 11) is 2.79. The lowest BCUT2D eigenvalue weighted by Crippen LogP contribution is -2.18. The van der Waals surface area contributed by atoms with Gasteiger partial charge in [0.15, 0.2) is 0 Å². The lowest BCUT2D eigenvalue weighted by atomic mass is 9.85. The first kappa shape index (κ1) is 40.3. The van der Waals surface area contributed by atoms with Crippen molar-refractivity contribution in [1.29, 1.82) is 0 Å². The number of hydrogen-bond acceptors (Lipinski definition) is 10. The Morgan fingerprint density at radius 2 is 1.21 bits per heavy atom. The second-order valence-corrected chi connectivity index (χ2v) is 8.44. The molecule has 1 fully saturated rings. The van der Waals surface area contributed by atoms with Crippen molar-refractivity contribution in [3.05, 3.63) is 99.2 Å². The maximum Gasteiger partial charge on any atom is 0.338 e. The molecule has 0 amide bonds. The van der Waals surface area contributed by atoms with Gasteiger partial charge in [0.2, 0.25) is 0 Å². The van der Waals surface area contributed by atoms with Gasteiger partial charge < -0.3 is 18.9 Å². The summed E-state index contributed by atoms with van der Waals surface area (Å²) in [5.74, 6) is -2.47. The molecular formula is C33H42O10. The maximum atomic E-state index is 10.9. The Labute approximate surface area is 253 Å². The van der Waals surface area contributed by atoms with Crippen LogP contribution in [0.15, 0.2) is 99.2 Å². The van der Waals surface area contributed by atoms with E-state index >= 15 is 0 Å². The lowest BCUT2D eigenvalue weighted by Gasteiger charge is -2.13. The summed E-state index contributed by atoms with van der Waals surface area (Å²) in [6.45, 7) is 15.2. The van der Waals surface area contributed by atoms with Gasteiger partial charge >= 0.3 is 35.8 Å². The van der Waals surface area contributed by atoms with Crippen LogP contribution >= 0.6 is 0 Å². The van der Waals surface area contributed by atoms with Crippen molar-refractivity contribution in [2.24, 2.45) is 17.8 Å². The molecule has 10 nitrogen and oxygen atoms in total. The molecule has 43 heavy (non-hydrogen) atoms.